The van der Waals surface area contributed by atoms with Crippen LogP contribution in [-0.2, 0) is 11.2 Å². The van der Waals surface area contributed by atoms with Crippen LogP contribution < -0.4 is 5.32 Å². The summed E-state index contributed by atoms with van der Waals surface area (Å²) in [5.74, 6) is 1.66. The Kier molecular flexibility index (Phi) is 4.60. The first-order chi connectivity index (χ1) is 14.3. The molecule has 1 aliphatic rings. The second kappa shape index (κ2) is 7.55. The molecule has 0 aliphatic heterocycles. The van der Waals surface area contributed by atoms with E-state index in [4.69, 9.17) is 0 Å². The van der Waals surface area contributed by atoms with Gasteiger partial charge in [-0.1, -0.05) is 72.8 Å². The van der Waals surface area contributed by atoms with Gasteiger partial charge in [0.1, 0.15) is 0 Å². The summed E-state index contributed by atoms with van der Waals surface area (Å²) in [6, 6.07) is 26.9. The minimum absolute atomic E-state index is 0.0461. The Morgan fingerprint density at radius 2 is 1.69 bits per heavy atom. The molecule has 1 saturated carbocycles. The summed E-state index contributed by atoms with van der Waals surface area (Å²) in [5, 5.41) is 12.6. The number of rotatable bonds is 5. The zero-order valence-electron chi connectivity index (χ0n) is 16.1. The molecule has 0 radical (unpaired) electrons. The third-order valence-electron chi connectivity index (χ3n) is 5.94. The van der Waals surface area contributed by atoms with E-state index in [0.717, 1.165) is 34.9 Å². The summed E-state index contributed by atoms with van der Waals surface area (Å²) in [6.07, 6.45) is 2.58. The van der Waals surface area contributed by atoms with Crippen molar-refractivity contribution in [2.24, 2.45) is 0 Å². The molecule has 1 heterocycles. The van der Waals surface area contributed by atoms with Gasteiger partial charge in [0.25, 0.3) is 0 Å². The van der Waals surface area contributed by atoms with E-state index >= 15 is 0 Å². The lowest BCUT2D eigenvalue weighted by atomic mass is 9.70. The Morgan fingerprint density at radius 3 is 2.55 bits per heavy atom. The van der Waals surface area contributed by atoms with Gasteiger partial charge in [-0.2, -0.15) is 5.10 Å². The van der Waals surface area contributed by atoms with Crippen molar-refractivity contribution in [3.63, 3.8) is 0 Å². The summed E-state index contributed by atoms with van der Waals surface area (Å²) >= 11 is 0. The fourth-order valence-corrected chi connectivity index (χ4v) is 4.29. The molecule has 29 heavy (non-hydrogen) atoms. The molecule has 2 N–H and O–H groups in total. The van der Waals surface area contributed by atoms with Gasteiger partial charge in [0, 0.05) is 17.7 Å². The van der Waals surface area contributed by atoms with Crippen LogP contribution in [0.1, 0.15) is 41.5 Å². The van der Waals surface area contributed by atoms with Crippen LogP contribution in [0.3, 0.4) is 0 Å². The second-order valence-corrected chi connectivity index (χ2v) is 7.85. The van der Waals surface area contributed by atoms with E-state index in [1.54, 1.807) is 0 Å². The van der Waals surface area contributed by atoms with Crippen LogP contribution in [0.25, 0.3) is 10.8 Å². The normalized spacial score (nSPS) is 18.3. The lowest BCUT2D eigenvalue weighted by molar-refractivity contribution is -0.115. The minimum Gasteiger partial charge on any atom is -0.309 e. The van der Waals surface area contributed by atoms with Gasteiger partial charge in [0.05, 0.1) is 6.42 Å². The molecule has 1 aromatic heterocycles. The van der Waals surface area contributed by atoms with Crippen LogP contribution in [0, 0.1) is 0 Å². The highest BCUT2D eigenvalue weighted by molar-refractivity contribution is 5.95. The average molecular weight is 381 g/mol. The van der Waals surface area contributed by atoms with Gasteiger partial charge in [0.15, 0.2) is 5.82 Å². The number of benzene rings is 3. The first-order valence-corrected chi connectivity index (χ1v) is 10.1. The molecule has 0 atom stereocenters. The van der Waals surface area contributed by atoms with Gasteiger partial charge in [0.2, 0.25) is 5.91 Å². The molecule has 4 aromatic rings. The lowest BCUT2D eigenvalue weighted by Gasteiger charge is -2.34. The van der Waals surface area contributed by atoms with Gasteiger partial charge in [-0.25, -0.2) is 0 Å². The van der Waals surface area contributed by atoms with Crippen LogP contribution in [0.15, 0.2) is 78.9 Å². The molecule has 0 unspecified atom stereocenters. The van der Waals surface area contributed by atoms with Gasteiger partial charge in [-0.3, -0.25) is 9.89 Å². The summed E-state index contributed by atoms with van der Waals surface area (Å²) < 4.78 is 0. The molecule has 1 amide bonds. The zero-order valence-corrected chi connectivity index (χ0v) is 16.1. The van der Waals surface area contributed by atoms with Gasteiger partial charge >= 0.3 is 0 Å². The summed E-state index contributed by atoms with van der Waals surface area (Å²) in [7, 11) is 0. The third kappa shape index (κ3) is 3.66. The van der Waals surface area contributed by atoms with Crippen LogP contribution in [0.5, 0.6) is 0 Å². The molecule has 0 saturated heterocycles. The van der Waals surface area contributed by atoms with Crippen molar-refractivity contribution in [3.8, 4) is 0 Å². The number of fused-ring (bicyclic) bond motifs is 1. The SMILES string of the molecule is O=C(Cc1cccc2ccccc12)Nc1cc([C@H]2C[C@@H](c3ccccc3)C2)[nH]n1. The van der Waals surface area contributed by atoms with Crippen molar-refractivity contribution >= 4 is 22.5 Å². The highest BCUT2D eigenvalue weighted by atomic mass is 16.1. The maximum absolute atomic E-state index is 12.6. The number of aromatic nitrogens is 2. The number of aromatic amines is 1. The highest BCUT2D eigenvalue weighted by Crippen LogP contribution is 2.47. The monoisotopic (exact) mass is 381 g/mol. The van der Waals surface area contributed by atoms with Crippen LogP contribution >= 0.6 is 0 Å². The Labute approximate surface area is 170 Å². The molecule has 3 aromatic carbocycles. The van der Waals surface area contributed by atoms with Crippen LogP contribution in [0.4, 0.5) is 5.82 Å². The first kappa shape index (κ1) is 17.7. The highest BCUT2D eigenvalue weighted by Gasteiger charge is 2.32. The van der Waals surface area contributed by atoms with Gasteiger partial charge in [-0.05, 0) is 40.7 Å². The Hall–Kier alpha value is -3.40. The largest absolute Gasteiger partial charge is 0.309 e. The van der Waals surface area contributed by atoms with Gasteiger partial charge < -0.3 is 5.32 Å². The van der Waals surface area contributed by atoms with E-state index in [2.05, 4.69) is 64.0 Å². The number of anilines is 1. The fraction of sp³-hybridized carbons (Fsp3) is 0.200. The predicted molar refractivity (Wildman–Crippen MR) is 116 cm³/mol. The quantitative estimate of drug-likeness (QED) is 0.486. The van der Waals surface area contributed by atoms with Crippen molar-refractivity contribution in [2.45, 2.75) is 31.1 Å². The average Bonchev–Trinajstić information content (AvgIpc) is 3.16. The van der Waals surface area contributed by atoms with E-state index in [0.29, 0.717) is 24.1 Å². The van der Waals surface area contributed by atoms with Crippen molar-refractivity contribution in [1.29, 1.82) is 0 Å². The number of carbonyl (C=O) groups is 1. The maximum atomic E-state index is 12.6. The zero-order chi connectivity index (χ0) is 19.6. The number of amides is 1. The van der Waals surface area contributed by atoms with Crippen LogP contribution in [0.2, 0.25) is 0 Å². The summed E-state index contributed by atoms with van der Waals surface area (Å²) in [5.41, 5.74) is 3.55. The molecule has 1 aliphatic carbocycles. The lowest BCUT2D eigenvalue weighted by Crippen LogP contribution is -2.20. The first-order valence-electron chi connectivity index (χ1n) is 10.1. The third-order valence-corrected chi connectivity index (χ3v) is 5.94. The Morgan fingerprint density at radius 1 is 0.931 bits per heavy atom. The number of nitrogens with one attached hydrogen (secondary N) is 2. The molecule has 1 fully saturated rings. The van der Waals surface area contributed by atoms with Crippen molar-refractivity contribution in [1.82, 2.24) is 10.2 Å². The molecule has 4 heteroatoms. The molecular formula is C25H23N3O. The van der Waals surface area contributed by atoms with E-state index in [9.17, 15) is 4.79 Å². The minimum atomic E-state index is -0.0461. The van der Waals surface area contributed by atoms with E-state index in [-0.39, 0.29) is 5.91 Å². The van der Waals surface area contributed by atoms with E-state index in [1.807, 2.05) is 30.3 Å². The fourth-order valence-electron chi connectivity index (χ4n) is 4.29. The summed E-state index contributed by atoms with van der Waals surface area (Å²) in [6.45, 7) is 0. The molecule has 0 bridgehead atoms. The molecule has 5 rings (SSSR count). The number of carbonyl (C=O) groups excluding carboxylic acids is 1. The molecular weight excluding hydrogens is 358 g/mol. The summed E-state index contributed by atoms with van der Waals surface area (Å²) in [4.78, 5) is 12.6. The smallest absolute Gasteiger partial charge is 0.230 e. The van der Waals surface area contributed by atoms with E-state index < -0.39 is 0 Å². The maximum Gasteiger partial charge on any atom is 0.230 e. The molecule has 0 spiro atoms. The second-order valence-electron chi connectivity index (χ2n) is 7.85. The van der Waals surface area contributed by atoms with Crippen molar-refractivity contribution < 1.29 is 4.79 Å². The van der Waals surface area contributed by atoms with Crippen LogP contribution in [-0.4, -0.2) is 16.1 Å². The number of H-pyrrole nitrogens is 1. The molecule has 4 nitrogen and oxygen atoms in total. The molecule has 144 valence electrons. The number of hydrogen-bond donors (Lipinski definition) is 2. The Bertz CT molecular complexity index is 1140. The van der Waals surface area contributed by atoms with Crippen molar-refractivity contribution in [2.75, 3.05) is 5.32 Å². The number of nitrogens with zero attached hydrogens (tertiary/aromatic N) is 1. The Balaban J connectivity index is 1.21. The van der Waals surface area contributed by atoms with E-state index in [1.165, 1.54) is 5.56 Å². The standard InChI is InChI=1S/C25H23N3O/c29-25(15-19-11-6-10-18-9-4-5-12-22(18)19)26-24-16-23(27-28-24)21-13-20(14-21)17-7-2-1-3-8-17/h1-12,16,20-21H,13-15H2,(H2,26,27,28,29)/t20-,21+. The number of hydrogen-bond acceptors (Lipinski definition) is 2. The van der Waals surface area contributed by atoms with Gasteiger partial charge in [-0.15, -0.1) is 0 Å². The topological polar surface area (TPSA) is 57.8 Å². The predicted octanol–water partition coefficient (Wildman–Crippen LogP) is 5.41. The van der Waals surface area contributed by atoms with Crippen molar-refractivity contribution in [3.05, 3.63) is 95.7 Å².